The molecule has 2 aromatic rings. The molecule has 8 nitrogen and oxygen atoms in total. The van der Waals surface area contributed by atoms with Crippen molar-refractivity contribution in [1.82, 2.24) is 19.6 Å². The van der Waals surface area contributed by atoms with Gasteiger partial charge in [0.25, 0.3) is 0 Å². The van der Waals surface area contributed by atoms with Crippen molar-refractivity contribution in [2.75, 3.05) is 37.6 Å². The third kappa shape index (κ3) is 4.61. The number of nitrogens with zero attached hydrogens (tertiary/aromatic N) is 4. The molecular weight excluding hydrogens is 366 g/mol. The van der Waals surface area contributed by atoms with Crippen LogP contribution in [0.5, 0.6) is 0 Å². The van der Waals surface area contributed by atoms with Gasteiger partial charge >= 0.3 is 0 Å². The second kappa shape index (κ2) is 8.01. The first-order valence-corrected chi connectivity index (χ1v) is 10.2. The minimum atomic E-state index is -3.71. The molecule has 0 atom stereocenters. The van der Waals surface area contributed by atoms with E-state index in [1.807, 2.05) is 18.7 Å². The lowest BCUT2D eigenvalue weighted by atomic mass is 10.1. The number of aromatic nitrogens is 2. The van der Waals surface area contributed by atoms with Crippen LogP contribution < -0.4 is 9.62 Å². The maximum Gasteiger partial charge on any atom is 0.241 e. The summed E-state index contributed by atoms with van der Waals surface area (Å²) in [6.07, 6.45) is 3.36. The van der Waals surface area contributed by atoms with Crippen molar-refractivity contribution in [1.29, 1.82) is 0 Å². The molecule has 0 radical (unpaired) electrons. The molecule has 9 heteroatoms. The van der Waals surface area contributed by atoms with Crippen molar-refractivity contribution in [3.05, 3.63) is 47.8 Å². The number of rotatable bonds is 5. The van der Waals surface area contributed by atoms with Crippen LogP contribution in [0.2, 0.25) is 0 Å². The summed E-state index contributed by atoms with van der Waals surface area (Å²) in [6, 6.07) is 6.68. The Morgan fingerprint density at radius 3 is 2.37 bits per heavy atom. The van der Waals surface area contributed by atoms with E-state index in [1.165, 1.54) is 0 Å². The normalized spacial score (nSPS) is 15.0. The summed E-state index contributed by atoms with van der Waals surface area (Å²) in [6.45, 7) is 5.75. The number of benzene rings is 1. The number of nitrogens with one attached hydrogen (secondary N) is 1. The minimum Gasteiger partial charge on any atom is -0.338 e. The monoisotopic (exact) mass is 389 g/mol. The summed E-state index contributed by atoms with van der Waals surface area (Å²) in [7, 11) is -3.71. The SMILES string of the molecule is Cc1ccc(S(=O)(=O)NCC(=O)N2CCN(c3ncccn3)CC2)cc1C. The third-order valence-electron chi connectivity index (χ3n) is 4.67. The number of carbonyl (C=O) groups is 1. The van der Waals surface area contributed by atoms with Gasteiger partial charge in [-0.25, -0.2) is 23.1 Å². The fourth-order valence-corrected chi connectivity index (χ4v) is 3.90. The number of anilines is 1. The van der Waals surface area contributed by atoms with Crippen LogP contribution in [0, 0.1) is 13.8 Å². The lowest BCUT2D eigenvalue weighted by Crippen LogP contribution is -2.51. The number of hydrogen-bond acceptors (Lipinski definition) is 6. The Morgan fingerprint density at radius 1 is 1.07 bits per heavy atom. The zero-order valence-corrected chi connectivity index (χ0v) is 16.2. The highest BCUT2D eigenvalue weighted by molar-refractivity contribution is 7.89. The quantitative estimate of drug-likeness (QED) is 0.810. The van der Waals surface area contributed by atoms with Crippen LogP contribution in [0.4, 0.5) is 5.95 Å². The van der Waals surface area contributed by atoms with Gasteiger partial charge in [-0.15, -0.1) is 0 Å². The second-order valence-corrected chi connectivity index (χ2v) is 8.25. The molecule has 1 aromatic heterocycles. The van der Waals surface area contributed by atoms with Gasteiger partial charge < -0.3 is 9.80 Å². The summed E-state index contributed by atoms with van der Waals surface area (Å²) >= 11 is 0. The Hall–Kier alpha value is -2.52. The molecule has 0 bridgehead atoms. The summed E-state index contributed by atoms with van der Waals surface area (Å²) < 4.78 is 27.2. The Balaban J connectivity index is 1.54. The molecule has 2 heterocycles. The van der Waals surface area contributed by atoms with Gasteiger partial charge in [-0.3, -0.25) is 4.79 Å². The second-order valence-electron chi connectivity index (χ2n) is 6.49. The van der Waals surface area contributed by atoms with E-state index in [2.05, 4.69) is 14.7 Å². The van der Waals surface area contributed by atoms with Gasteiger partial charge in [0, 0.05) is 38.6 Å². The highest BCUT2D eigenvalue weighted by atomic mass is 32.2. The third-order valence-corrected chi connectivity index (χ3v) is 6.07. The molecule has 1 fully saturated rings. The zero-order valence-electron chi connectivity index (χ0n) is 15.4. The maximum absolute atomic E-state index is 12.4. The average molecular weight is 389 g/mol. The van der Waals surface area contributed by atoms with Crippen LogP contribution in [0.3, 0.4) is 0 Å². The molecule has 1 aromatic carbocycles. The van der Waals surface area contributed by atoms with Crippen molar-refractivity contribution in [3.8, 4) is 0 Å². The Morgan fingerprint density at radius 2 is 1.74 bits per heavy atom. The van der Waals surface area contributed by atoms with Crippen molar-refractivity contribution in [3.63, 3.8) is 0 Å². The molecule has 0 spiro atoms. The molecule has 1 amide bonds. The van der Waals surface area contributed by atoms with E-state index in [-0.39, 0.29) is 17.3 Å². The van der Waals surface area contributed by atoms with Crippen LogP contribution in [0.25, 0.3) is 0 Å². The highest BCUT2D eigenvalue weighted by Gasteiger charge is 2.24. The van der Waals surface area contributed by atoms with E-state index in [1.54, 1.807) is 41.6 Å². The summed E-state index contributed by atoms with van der Waals surface area (Å²) in [4.78, 5) is 24.6. The fourth-order valence-electron chi connectivity index (χ4n) is 2.84. The van der Waals surface area contributed by atoms with E-state index in [0.717, 1.165) is 11.1 Å². The van der Waals surface area contributed by atoms with E-state index >= 15 is 0 Å². The van der Waals surface area contributed by atoms with Gasteiger partial charge in [0.2, 0.25) is 21.9 Å². The first-order valence-electron chi connectivity index (χ1n) is 8.73. The van der Waals surface area contributed by atoms with Crippen molar-refractivity contribution in [2.45, 2.75) is 18.7 Å². The summed E-state index contributed by atoms with van der Waals surface area (Å²) in [5.41, 5.74) is 1.91. The number of piperazine rings is 1. The summed E-state index contributed by atoms with van der Waals surface area (Å²) in [5.74, 6) is 0.399. The van der Waals surface area contributed by atoms with E-state index < -0.39 is 10.0 Å². The van der Waals surface area contributed by atoms with Crippen molar-refractivity contribution >= 4 is 21.9 Å². The van der Waals surface area contributed by atoms with Crippen molar-refractivity contribution in [2.24, 2.45) is 0 Å². The highest BCUT2D eigenvalue weighted by Crippen LogP contribution is 2.15. The van der Waals surface area contributed by atoms with Crippen LogP contribution in [0.15, 0.2) is 41.6 Å². The first-order chi connectivity index (χ1) is 12.9. The van der Waals surface area contributed by atoms with E-state index in [9.17, 15) is 13.2 Å². The number of hydrogen-bond donors (Lipinski definition) is 1. The lowest BCUT2D eigenvalue weighted by Gasteiger charge is -2.34. The fraction of sp³-hybridized carbons (Fsp3) is 0.389. The largest absolute Gasteiger partial charge is 0.338 e. The first kappa shape index (κ1) is 19.2. The maximum atomic E-state index is 12.4. The van der Waals surface area contributed by atoms with Crippen LogP contribution in [0.1, 0.15) is 11.1 Å². The van der Waals surface area contributed by atoms with Crippen LogP contribution >= 0.6 is 0 Å². The molecule has 0 aliphatic carbocycles. The average Bonchev–Trinajstić information content (AvgIpc) is 2.69. The minimum absolute atomic E-state index is 0.171. The van der Waals surface area contributed by atoms with Gasteiger partial charge in [0.05, 0.1) is 11.4 Å². The molecule has 3 rings (SSSR count). The molecular formula is C18H23N5O3S. The molecule has 144 valence electrons. The molecule has 1 N–H and O–H groups in total. The number of sulfonamides is 1. The van der Waals surface area contributed by atoms with Gasteiger partial charge in [-0.1, -0.05) is 6.07 Å². The van der Waals surface area contributed by atoms with Crippen LogP contribution in [-0.2, 0) is 14.8 Å². The molecule has 27 heavy (non-hydrogen) atoms. The van der Waals surface area contributed by atoms with Crippen molar-refractivity contribution < 1.29 is 13.2 Å². The Bertz CT molecular complexity index is 910. The van der Waals surface area contributed by atoms with E-state index in [4.69, 9.17) is 0 Å². The molecule has 0 saturated carbocycles. The number of amides is 1. The predicted molar refractivity (Wildman–Crippen MR) is 102 cm³/mol. The molecule has 1 saturated heterocycles. The van der Waals surface area contributed by atoms with Crippen LogP contribution in [-0.4, -0.2) is 61.9 Å². The Kier molecular flexibility index (Phi) is 5.71. The Labute approximate surface area is 159 Å². The molecule has 1 aliphatic rings. The lowest BCUT2D eigenvalue weighted by molar-refractivity contribution is -0.130. The smallest absolute Gasteiger partial charge is 0.241 e. The van der Waals surface area contributed by atoms with Gasteiger partial charge in [0.15, 0.2) is 0 Å². The predicted octanol–water partition coefficient (Wildman–Crippen LogP) is 0.721. The van der Waals surface area contributed by atoms with Gasteiger partial charge in [-0.05, 0) is 43.2 Å². The molecule has 0 unspecified atom stereocenters. The topological polar surface area (TPSA) is 95.5 Å². The number of carbonyl (C=O) groups excluding carboxylic acids is 1. The van der Waals surface area contributed by atoms with E-state index in [0.29, 0.717) is 32.1 Å². The van der Waals surface area contributed by atoms with Gasteiger partial charge in [0.1, 0.15) is 0 Å². The standard InChI is InChI=1S/C18H23N5O3S/c1-14-4-5-16(12-15(14)2)27(25,26)21-13-17(24)22-8-10-23(11-9-22)18-19-6-3-7-20-18/h3-7,12,21H,8-11,13H2,1-2H3. The number of aryl methyl sites for hydroxylation is 2. The zero-order chi connectivity index (χ0) is 19.4. The van der Waals surface area contributed by atoms with Gasteiger partial charge in [-0.2, -0.15) is 0 Å². The summed E-state index contributed by atoms with van der Waals surface area (Å²) in [5, 5.41) is 0. The molecule has 1 aliphatic heterocycles.